The average Bonchev–Trinajstić information content (AvgIpc) is 3.32. The monoisotopic (exact) mass is 548 g/mol. The van der Waals surface area contributed by atoms with Crippen molar-refractivity contribution < 1.29 is 19.1 Å². The number of rotatable bonds is 10. The number of aliphatic carboxylic acids is 1. The number of carboxylic acids is 1. The zero-order valence-corrected chi connectivity index (χ0v) is 22.3. The maximum absolute atomic E-state index is 14.6. The molecule has 5 nitrogen and oxygen atoms in total. The van der Waals surface area contributed by atoms with Crippen LogP contribution < -0.4 is 5.32 Å². The maximum atomic E-state index is 14.6. The van der Waals surface area contributed by atoms with Gasteiger partial charge in [-0.05, 0) is 70.8 Å². The lowest BCUT2D eigenvalue weighted by Gasteiger charge is -2.28. The van der Waals surface area contributed by atoms with Crippen molar-refractivity contribution in [1.82, 2.24) is 5.32 Å². The quantitative estimate of drug-likeness (QED) is 0.215. The number of thiophene rings is 1. The second-order valence-electron chi connectivity index (χ2n) is 9.08. The summed E-state index contributed by atoms with van der Waals surface area (Å²) >= 11 is 7.64. The molecule has 2 N–H and O–H groups in total. The largest absolute Gasteiger partial charge is 0.481 e. The number of carbonyl (C=O) groups is 2. The van der Waals surface area contributed by atoms with E-state index in [9.17, 15) is 19.2 Å². The first kappa shape index (κ1) is 27.3. The van der Waals surface area contributed by atoms with Crippen LogP contribution in [0.4, 0.5) is 4.39 Å². The van der Waals surface area contributed by atoms with E-state index in [0.717, 1.165) is 39.6 Å². The molecule has 0 saturated heterocycles. The third-order valence-electron chi connectivity index (χ3n) is 6.58. The van der Waals surface area contributed by atoms with Crippen LogP contribution in [-0.2, 0) is 4.79 Å². The summed E-state index contributed by atoms with van der Waals surface area (Å²) in [7, 11) is 0. The van der Waals surface area contributed by atoms with E-state index in [-0.39, 0.29) is 30.7 Å². The fraction of sp³-hybridized carbons (Fsp3) is 0.233. The van der Waals surface area contributed by atoms with Gasteiger partial charge in [0.2, 0.25) is 0 Å². The van der Waals surface area contributed by atoms with Crippen LogP contribution in [0.15, 0.2) is 66.0 Å². The number of carbonyl (C=O) groups excluding carboxylic acids is 1. The van der Waals surface area contributed by atoms with Crippen molar-refractivity contribution in [3.63, 3.8) is 0 Å². The highest BCUT2D eigenvalue weighted by molar-refractivity contribution is 7.17. The van der Waals surface area contributed by atoms with Crippen molar-refractivity contribution in [2.24, 2.45) is 0 Å². The molecule has 0 aliphatic carbocycles. The Labute approximate surface area is 229 Å². The second kappa shape index (κ2) is 12.2. The summed E-state index contributed by atoms with van der Waals surface area (Å²) < 4.78 is 15.3. The Morgan fingerprint density at radius 2 is 1.79 bits per heavy atom. The van der Waals surface area contributed by atoms with E-state index in [1.807, 2.05) is 41.8 Å². The molecule has 1 unspecified atom stereocenters. The van der Waals surface area contributed by atoms with Crippen LogP contribution in [0, 0.1) is 17.1 Å². The normalized spacial score (nSPS) is 12.6. The lowest BCUT2D eigenvalue weighted by Crippen LogP contribution is -2.26. The molecule has 3 aromatic carbocycles. The summed E-state index contributed by atoms with van der Waals surface area (Å²) in [5.74, 6) is -1.91. The summed E-state index contributed by atoms with van der Waals surface area (Å²) in [6.07, 6.45) is 1.58. The van der Waals surface area contributed by atoms with E-state index in [1.54, 1.807) is 12.1 Å². The van der Waals surface area contributed by atoms with Crippen LogP contribution in [0.2, 0.25) is 5.02 Å². The lowest BCUT2D eigenvalue weighted by molar-refractivity contribution is -0.136. The number of carboxylic acid groups (broad SMARTS) is 1. The molecule has 0 fully saturated rings. The molecular weight excluding hydrogens is 523 g/mol. The van der Waals surface area contributed by atoms with Crippen LogP contribution >= 0.6 is 22.9 Å². The third-order valence-corrected chi connectivity index (χ3v) is 7.88. The summed E-state index contributed by atoms with van der Waals surface area (Å²) in [5, 5.41) is 24.4. The predicted molar refractivity (Wildman–Crippen MR) is 148 cm³/mol. The van der Waals surface area contributed by atoms with Gasteiger partial charge in [0.05, 0.1) is 16.7 Å². The first-order chi connectivity index (χ1) is 18.3. The number of nitriles is 1. The minimum Gasteiger partial charge on any atom is -0.481 e. The number of amides is 1. The van der Waals surface area contributed by atoms with Crippen molar-refractivity contribution in [2.75, 3.05) is 6.54 Å². The van der Waals surface area contributed by atoms with Crippen molar-refractivity contribution in [3.8, 4) is 6.07 Å². The topological polar surface area (TPSA) is 90.2 Å². The summed E-state index contributed by atoms with van der Waals surface area (Å²) in [6, 6.07) is 19.9. The average molecular weight is 549 g/mol. The van der Waals surface area contributed by atoms with Crippen LogP contribution in [0.3, 0.4) is 0 Å². The smallest absolute Gasteiger partial charge is 0.305 e. The molecule has 1 amide bonds. The van der Waals surface area contributed by atoms with Gasteiger partial charge in [-0.15, -0.1) is 11.3 Å². The molecule has 1 aromatic heterocycles. The number of nitrogens with one attached hydrogen (secondary N) is 1. The third kappa shape index (κ3) is 6.04. The number of fused-ring (bicyclic) bond motifs is 1. The minimum absolute atomic E-state index is 0.00287. The molecule has 2 atom stereocenters. The first-order valence-corrected chi connectivity index (χ1v) is 13.5. The zero-order chi connectivity index (χ0) is 27.2. The molecule has 38 heavy (non-hydrogen) atoms. The van der Waals surface area contributed by atoms with E-state index in [2.05, 4.69) is 18.3 Å². The van der Waals surface area contributed by atoms with Gasteiger partial charge in [0.15, 0.2) is 0 Å². The fourth-order valence-electron chi connectivity index (χ4n) is 4.85. The van der Waals surface area contributed by atoms with Crippen molar-refractivity contribution in [2.45, 2.75) is 38.0 Å². The van der Waals surface area contributed by atoms with E-state index < -0.39 is 11.8 Å². The van der Waals surface area contributed by atoms with E-state index >= 15 is 0 Å². The van der Waals surface area contributed by atoms with E-state index in [4.69, 9.17) is 16.7 Å². The number of nitrogens with zero attached hydrogens (tertiary/aromatic N) is 1. The van der Waals surface area contributed by atoms with E-state index in [0.29, 0.717) is 16.1 Å². The molecule has 0 spiro atoms. The highest BCUT2D eigenvalue weighted by Gasteiger charge is 2.29. The summed E-state index contributed by atoms with van der Waals surface area (Å²) in [6.45, 7) is 2.16. The Kier molecular flexibility index (Phi) is 8.77. The number of hydrogen-bond donors (Lipinski definition) is 2. The van der Waals surface area contributed by atoms with Gasteiger partial charge in [-0.25, -0.2) is 4.39 Å². The first-order valence-electron chi connectivity index (χ1n) is 12.3. The Morgan fingerprint density at radius 1 is 1.11 bits per heavy atom. The molecule has 0 saturated carbocycles. The molecule has 0 bridgehead atoms. The predicted octanol–water partition coefficient (Wildman–Crippen LogP) is 7.49. The van der Waals surface area contributed by atoms with Crippen LogP contribution in [0.5, 0.6) is 0 Å². The summed E-state index contributed by atoms with van der Waals surface area (Å²) in [5.41, 5.74) is 3.74. The lowest BCUT2D eigenvalue weighted by atomic mass is 9.75. The number of halogens is 2. The fourth-order valence-corrected chi connectivity index (χ4v) is 6.03. The Balaban J connectivity index is 1.78. The van der Waals surface area contributed by atoms with Gasteiger partial charge >= 0.3 is 5.97 Å². The van der Waals surface area contributed by atoms with Gasteiger partial charge in [-0.1, -0.05) is 49.2 Å². The van der Waals surface area contributed by atoms with Gasteiger partial charge in [-0.2, -0.15) is 5.26 Å². The SMILES string of the molecule is CCC[C@H](c1ccc(C(=O)NCCC(=O)O)cc1)C(c1ccc(Cl)cc1)c1csc2c(C#N)cc(F)cc12. The second-order valence-corrected chi connectivity index (χ2v) is 10.4. The Bertz CT molecular complexity index is 1490. The van der Waals surface area contributed by atoms with Crippen molar-refractivity contribution in [3.05, 3.63) is 105 Å². The molecule has 8 heteroatoms. The van der Waals surface area contributed by atoms with Gasteiger partial charge in [0, 0.05) is 28.4 Å². The molecule has 0 aliphatic rings. The van der Waals surface area contributed by atoms with Crippen LogP contribution in [0.1, 0.15) is 70.6 Å². The number of hydrogen-bond acceptors (Lipinski definition) is 4. The Morgan fingerprint density at radius 3 is 2.42 bits per heavy atom. The molecular formula is C30H26ClFN2O3S. The van der Waals surface area contributed by atoms with Crippen LogP contribution in [0.25, 0.3) is 10.1 Å². The summed E-state index contributed by atoms with van der Waals surface area (Å²) in [4.78, 5) is 23.2. The van der Waals surface area contributed by atoms with Gasteiger partial charge in [-0.3, -0.25) is 9.59 Å². The molecule has 4 aromatic rings. The minimum atomic E-state index is -0.973. The van der Waals surface area contributed by atoms with Gasteiger partial charge in [0.1, 0.15) is 11.9 Å². The number of benzene rings is 3. The molecule has 1 heterocycles. The highest BCUT2D eigenvalue weighted by atomic mass is 35.5. The standard InChI is InChI=1S/C30H26ClFN2O3S/c1-2-3-24(18-4-6-20(7-5-18)30(37)34-13-12-27(35)36)28(19-8-10-22(31)11-9-19)26-17-38-29-21(16-33)14-23(32)15-25(26)29/h4-11,14-15,17,24,28H,2-3,12-13H2,1H3,(H,34,37)(H,35,36)/t24-,28?/m1/s1. The van der Waals surface area contributed by atoms with Crippen molar-refractivity contribution in [1.29, 1.82) is 5.26 Å². The molecule has 0 aliphatic heterocycles. The van der Waals surface area contributed by atoms with Gasteiger partial charge < -0.3 is 10.4 Å². The van der Waals surface area contributed by atoms with Crippen molar-refractivity contribution >= 4 is 44.9 Å². The molecule has 194 valence electrons. The highest BCUT2D eigenvalue weighted by Crippen LogP contribution is 2.46. The maximum Gasteiger partial charge on any atom is 0.305 e. The molecule has 4 rings (SSSR count). The molecule has 0 radical (unpaired) electrons. The Hall–Kier alpha value is -3.73. The zero-order valence-electron chi connectivity index (χ0n) is 20.7. The van der Waals surface area contributed by atoms with Gasteiger partial charge in [0.25, 0.3) is 5.91 Å². The van der Waals surface area contributed by atoms with E-state index in [1.165, 1.54) is 23.5 Å². The van der Waals surface area contributed by atoms with Crippen LogP contribution in [-0.4, -0.2) is 23.5 Å².